The van der Waals surface area contributed by atoms with Gasteiger partial charge in [-0.2, -0.15) is 0 Å². The van der Waals surface area contributed by atoms with E-state index in [1.54, 1.807) is 0 Å². The Morgan fingerprint density at radius 3 is 2.65 bits per heavy atom. The van der Waals surface area contributed by atoms with Crippen LogP contribution in [0.3, 0.4) is 0 Å². The molecule has 3 nitrogen and oxygen atoms in total. The van der Waals surface area contributed by atoms with Crippen LogP contribution in [0.2, 0.25) is 0 Å². The lowest BCUT2D eigenvalue weighted by molar-refractivity contribution is -0.123. The first-order valence-electron chi connectivity index (χ1n) is 6.38. The van der Waals surface area contributed by atoms with E-state index in [4.69, 9.17) is 4.74 Å². The molecule has 0 unspecified atom stereocenters. The fourth-order valence-corrected chi connectivity index (χ4v) is 2.22. The summed E-state index contributed by atoms with van der Waals surface area (Å²) >= 11 is 3.42. The van der Waals surface area contributed by atoms with E-state index < -0.39 is 0 Å². The van der Waals surface area contributed by atoms with Gasteiger partial charge in [-0.3, -0.25) is 4.79 Å². The van der Waals surface area contributed by atoms with Crippen LogP contribution in [0.4, 0.5) is 0 Å². The molecular weight excluding hydrogens is 318 g/mol. The molecule has 1 atom stereocenters. The molecule has 2 aromatic rings. The zero-order valence-corrected chi connectivity index (χ0v) is 12.8. The minimum Gasteiger partial charge on any atom is -0.484 e. The van der Waals surface area contributed by atoms with Gasteiger partial charge < -0.3 is 10.1 Å². The molecule has 0 saturated carbocycles. The van der Waals surface area contributed by atoms with Crippen molar-refractivity contribution in [1.82, 2.24) is 5.32 Å². The summed E-state index contributed by atoms with van der Waals surface area (Å²) in [7, 11) is 0. The highest BCUT2D eigenvalue weighted by Gasteiger charge is 2.10. The monoisotopic (exact) mass is 333 g/mol. The maximum absolute atomic E-state index is 11.8. The zero-order chi connectivity index (χ0) is 14.4. The highest BCUT2D eigenvalue weighted by molar-refractivity contribution is 9.10. The molecule has 104 valence electrons. The van der Waals surface area contributed by atoms with Gasteiger partial charge in [-0.15, -0.1) is 0 Å². The summed E-state index contributed by atoms with van der Waals surface area (Å²) < 4.78 is 6.40. The van der Waals surface area contributed by atoms with Gasteiger partial charge in [0, 0.05) is 4.47 Å². The molecule has 0 aromatic heterocycles. The van der Waals surface area contributed by atoms with E-state index in [1.165, 1.54) is 0 Å². The molecule has 0 aliphatic rings. The molecule has 1 N–H and O–H groups in total. The van der Waals surface area contributed by atoms with E-state index in [1.807, 2.05) is 61.5 Å². The second kappa shape index (κ2) is 7.10. The van der Waals surface area contributed by atoms with Crippen LogP contribution < -0.4 is 10.1 Å². The summed E-state index contributed by atoms with van der Waals surface area (Å²) in [6.45, 7) is 1.96. The predicted octanol–water partition coefficient (Wildman–Crippen LogP) is 3.71. The Morgan fingerprint density at radius 2 is 1.95 bits per heavy atom. The number of halogens is 1. The van der Waals surface area contributed by atoms with E-state index in [9.17, 15) is 4.79 Å². The summed E-state index contributed by atoms with van der Waals surface area (Å²) in [5, 5.41) is 2.91. The highest BCUT2D eigenvalue weighted by Crippen LogP contribution is 2.17. The van der Waals surface area contributed by atoms with Gasteiger partial charge in [0.1, 0.15) is 5.75 Å². The Hall–Kier alpha value is -1.81. The molecule has 2 rings (SSSR count). The average molecular weight is 334 g/mol. The third-order valence-electron chi connectivity index (χ3n) is 2.84. The van der Waals surface area contributed by atoms with Crippen LogP contribution in [0, 0.1) is 0 Å². The first-order chi connectivity index (χ1) is 9.65. The highest BCUT2D eigenvalue weighted by atomic mass is 79.9. The Bertz CT molecular complexity index is 572. The number of carbonyl (C=O) groups excluding carboxylic acids is 1. The number of hydrogen-bond donors (Lipinski definition) is 1. The molecule has 0 aliphatic heterocycles. The van der Waals surface area contributed by atoms with E-state index >= 15 is 0 Å². The normalized spacial score (nSPS) is 11.7. The minimum atomic E-state index is -0.138. The molecule has 2 aromatic carbocycles. The number of benzene rings is 2. The van der Waals surface area contributed by atoms with Crippen molar-refractivity contribution >= 4 is 21.8 Å². The zero-order valence-electron chi connectivity index (χ0n) is 11.2. The number of nitrogens with one attached hydrogen (secondary N) is 1. The molecule has 0 bridgehead atoms. The topological polar surface area (TPSA) is 38.3 Å². The van der Waals surface area contributed by atoms with E-state index in [0.29, 0.717) is 5.75 Å². The number of carbonyl (C=O) groups is 1. The molecule has 20 heavy (non-hydrogen) atoms. The quantitative estimate of drug-likeness (QED) is 0.905. The average Bonchev–Trinajstić information content (AvgIpc) is 2.46. The van der Waals surface area contributed by atoms with Gasteiger partial charge in [0.15, 0.2) is 6.61 Å². The largest absolute Gasteiger partial charge is 0.484 e. The van der Waals surface area contributed by atoms with Crippen molar-refractivity contribution in [2.24, 2.45) is 0 Å². The number of amides is 1. The lowest BCUT2D eigenvalue weighted by Crippen LogP contribution is -2.31. The van der Waals surface area contributed by atoms with E-state index in [0.717, 1.165) is 10.0 Å². The molecule has 0 spiro atoms. The van der Waals surface area contributed by atoms with Gasteiger partial charge in [0.05, 0.1) is 6.04 Å². The van der Waals surface area contributed by atoms with E-state index in [2.05, 4.69) is 21.2 Å². The third kappa shape index (κ3) is 4.38. The molecule has 0 saturated heterocycles. The van der Waals surface area contributed by atoms with Crippen molar-refractivity contribution in [2.75, 3.05) is 6.61 Å². The standard InChI is InChI=1S/C16H16BrNO2/c1-12(13-6-5-7-14(17)10-13)18-16(19)11-20-15-8-3-2-4-9-15/h2-10,12H,11H2,1H3,(H,18,19)/t12-/m0/s1. The fourth-order valence-electron chi connectivity index (χ4n) is 1.81. The minimum absolute atomic E-state index is 0.0162. The summed E-state index contributed by atoms with van der Waals surface area (Å²) in [6.07, 6.45) is 0. The van der Waals surface area contributed by atoms with Gasteiger partial charge >= 0.3 is 0 Å². The van der Waals surface area contributed by atoms with Gasteiger partial charge in [-0.1, -0.05) is 46.3 Å². The number of hydrogen-bond acceptors (Lipinski definition) is 2. The van der Waals surface area contributed by atoms with Crippen LogP contribution in [0.5, 0.6) is 5.75 Å². The van der Waals surface area contributed by atoms with Crippen molar-refractivity contribution in [2.45, 2.75) is 13.0 Å². The van der Waals surface area contributed by atoms with Crippen molar-refractivity contribution in [1.29, 1.82) is 0 Å². The fraction of sp³-hybridized carbons (Fsp3) is 0.188. The lowest BCUT2D eigenvalue weighted by Gasteiger charge is -2.15. The first-order valence-corrected chi connectivity index (χ1v) is 7.17. The van der Waals surface area contributed by atoms with E-state index in [-0.39, 0.29) is 18.6 Å². The summed E-state index contributed by atoms with van der Waals surface area (Å²) in [5.74, 6) is 0.555. The van der Waals surface area contributed by atoms with Gasteiger partial charge in [0.2, 0.25) is 0 Å². The van der Waals surface area contributed by atoms with Crippen molar-refractivity contribution < 1.29 is 9.53 Å². The molecule has 0 radical (unpaired) electrons. The molecule has 4 heteroatoms. The third-order valence-corrected chi connectivity index (χ3v) is 3.33. The van der Waals surface area contributed by atoms with Gasteiger partial charge in [0.25, 0.3) is 5.91 Å². The second-order valence-electron chi connectivity index (χ2n) is 4.45. The summed E-state index contributed by atoms with van der Waals surface area (Å²) in [4.78, 5) is 11.8. The van der Waals surface area contributed by atoms with Crippen LogP contribution in [0.1, 0.15) is 18.5 Å². The molecule has 1 amide bonds. The first kappa shape index (κ1) is 14.6. The summed E-state index contributed by atoms with van der Waals surface area (Å²) in [5.41, 5.74) is 1.05. The second-order valence-corrected chi connectivity index (χ2v) is 5.36. The van der Waals surface area contributed by atoms with Gasteiger partial charge in [-0.05, 0) is 36.8 Å². The molecule has 0 heterocycles. The SMILES string of the molecule is C[C@H](NC(=O)COc1ccccc1)c1cccc(Br)c1. The van der Waals surface area contributed by atoms with Crippen molar-refractivity contribution in [3.63, 3.8) is 0 Å². The number of ether oxygens (including phenoxy) is 1. The molecule has 0 aliphatic carbocycles. The molecule has 0 fully saturated rings. The smallest absolute Gasteiger partial charge is 0.258 e. The predicted molar refractivity (Wildman–Crippen MR) is 82.6 cm³/mol. The summed E-state index contributed by atoms with van der Waals surface area (Å²) in [6, 6.07) is 17.1. The van der Waals surface area contributed by atoms with Crippen LogP contribution in [-0.2, 0) is 4.79 Å². The van der Waals surface area contributed by atoms with Crippen molar-refractivity contribution in [3.05, 3.63) is 64.6 Å². The molecular formula is C16H16BrNO2. The van der Waals surface area contributed by atoms with Gasteiger partial charge in [-0.25, -0.2) is 0 Å². The van der Waals surface area contributed by atoms with Crippen LogP contribution >= 0.6 is 15.9 Å². The maximum atomic E-state index is 11.8. The maximum Gasteiger partial charge on any atom is 0.258 e. The van der Waals surface area contributed by atoms with Crippen molar-refractivity contribution in [3.8, 4) is 5.75 Å². The number of para-hydroxylation sites is 1. The Morgan fingerprint density at radius 1 is 1.20 bits per heavy atom. The number of rotatable bonds is 5. The lowest BCUT2D eigenvalue weighted by atomic mass is 10.1. The van der Waals surface area contributed by atoms with Crippen LogP contribution in [0.15, 0.2) is 59.1 Å². The Balaban J connectivity index is 1.85. The van der Waals surface area contributed by atoms with Crippen LogP contribution in [-0.4, -0.2) is 12.5 Å². The Labute approximate surface area is 127 Å². The Kier molecular flexibility index (Phi) is 5.18. The van der Waals surface area contributed by atoms with Crippen LogP contribution in [0.25, 0.3) is 0 Å².